The summed E-state index contributed by atoms with van der Waals surface area (Å²) in [7, 11) is 0. The minimum absolute atomic E-state index is 0.158. The first-order valence-electron chi connectivity index (χ1n) is 6.09. The third-order valence-electron chi connectivity index (χ3n) is 3.83. The van der Waals surface area contributed by atoms with Crippen LogP contribution in [0.2, 0.25) is 0 Å². The second-order valence-electron chi connectivity index (χ2n) is 5.06. The molecule has 1 atom stereocenters. The zero-order chi connectivity index (χ0) is 13.4. The van der Waals surface area contributed by atoms with Crippen LogP contribution in [-0.4, -0.2) is 43.2 Å². The fraction of sp³-hybridized carbons (Fsp3) is 0.750. The van der Waals surface area contributed by atoms with E-state index in [1.807, 2.05) is 13.0 Å². The van der Waals surface area contributed by atoms with Crippen LogP contribution >= 0.6 is 0 Å². The molecule has 0 saturated carbocycles. The second kappa shape index (κ2) is 4.57. The third-order valence-corrected chi connectivity index (χ3v) is 3.83. The highest BCUT2D eigenvalue weighted by Gasteiger charge is 2.62. The van der Waals surface area contributed by atoms with Crippen LogP contribution in [0.3, 0.4) is 0 Å². The van der Waals surface area contributed by atoms with E-state index in [0.29, 0.717) is 19.5 Å². The molecule has 0 aromatic heterocycles. The Morgan fingerprint density at radius 2 is 2.22 bits per heavy atom. The lowest BCUT2D eigenvalue weighted by molar-refractivity contribution is -0.221. The lowest BCUT2D eigenvalue weighted by Gasteiger charge is -2.36. The van der Waals surface area contributed by atoms with Gasteiger partial charge in [-0.15, -0.1) is 0 Å². The van der Waals surface area contributed by atoms with Crippen molar-refractivity contribution in [2.45, 2.75) is 25.9 Å². The maximum absolute atomic E-state index is 13.2. The van der Waals surface area contributed by atoms with Crippen molar-refractivity contribution in [2.75, 3.05) is 26.2 Å². The van der Waals surface area contributed by atoms with Gasteiger partial charge >= 0.3 is 6.18 Å². The molecule has 1 fully saturated rings. The van der Waals surface area contributed by atoms with Gasteiger partial charge in [-0.1, -0.05) is 11.6 Å². The summed E-state index contributed by atoms with van der Waals surface area (Å²) in [6.45, 7) is 2.56. The van der Waals surface area contributed by atoms with Gasteiger partial charge in [0.1, 0.15) is 0 Å². The van der Waals surface area contributed by atoms with Gasteiger partial charge in [0.15, 0.2) is 5.41 Å². The highest BCUT2D eigenvalue weighted by Crippen LogP contribution is 2.44. The Morgan fingerprint density at radius 3 is 2.67 bits per heavy atom. The molecular weight excluding hydrogens is 245 g/mol. The first-order valence-corrected chi connectivity index (χ1v) is 6.09. The molecule has 1 amide bonds. The van der Waals surface area contributed by atoms with Crippen molar-refractivity contribution in [3.63, 3.8) is 0 Å². The van der Waals surface area contributed by atoms with Crippen molar-refractivity contribution in [1.29, 1.82) is 0 Å². The molecule has 18 heavy (non-hydrogen) atoms. The van der Waals surface area contributed by atoms with Gasteiger partial charge in [0.2, 0.25) is 5.91 Å². The van der Waals surface area contributed by atoms with Gasteiger partial charge in [0, 0.05) is 19.6 Å². The molecule has 3 nitrogen and oxygen atoms in total. The maximum atomic E-state index is 13.2. The van der Waals surface area contributed by atoms with E-state index in [4.69, 9.17) is 0 Å². The number of nitrogens with one attached hydrogen (secondary N) is 1. The largest absolute Gasteiger partial charge is 0.404 e. The topological polar surface area (TPSA) is 32.3 Å². The third kappa shape index (κ3) is 2.13. The second-order valence-corrected chi connectivity index (χ2v) is 5.06. The smallest absolute Gasteiger partial charge is 0.338 e. The van der Waals surface area contributed by atoms with Crippen molar-refractivity contribution < 1.29 is 18.0 Å². The number of halogens is 3. The molecule has 2 heterocycles. The van der Waals surface area contributed by atoms with Crippen molar-refractivity contribution in [1.82, 2.24) is 10.2 Å². The average molecular weight is 262 g/mol. The van der Waals surface area contributed by atoms with Gasteiger partial charge < -0.3 is 10.2 Å². The minimum Gasteiger partial charge on any atom is -0.338 e. The van der Waals surface area contributed by atoms with Crippen LogP contribution in [0.15, 0.2) is 11.6 Å². The summed E-state index contributed by atoms with van der Waals surface area (Å²) in [4.78, 5) is 13.5. The van der Waals surface area contributed by atoms with Crippen molar-refractivity contribution >= 4 is 5.91 Å². The highest BCUT2D eigenvalue weighted by molar-refractivity contribution is 5.84. The Bertz CT molecular complexity index is 370. The standard InChI is InChI=1S/C12H17F3N2O/c1-9-2-6-17(7-3-9)10(18)11(12(13,14)15)4-5-16-8-11/h2,16H,3-8H2,1H3. The number of carbonyl (C=O) groups is 1. The monoisotopic (exact) mass is 262 g/mol. The molecule has 6 heteroatoms. The van der Waals surface area contributed by atoms with E-state index < -0.39 is 17.5 Å². The highest BCUT2D eigenvalue weighted by atomic mass is 19.4. The molecule has 0 radical (unpaired) electrons. The number of hydrogen-bond acceptors (Lipinski definition) is 2. The van der Waals surface area contributed by atoms with Crippen LogP contribution in [0.25, 0.3) is 0 Å². The number of carbonyl (C=O) groups excluding carboxylic acids is 1. The van der Waals surface area contributed by atoms with Crippen molar-refractivity contribution in [3.8, 4) is 0 Å². The van der Waals surface area contributed by atoms with Gasteiger partial charge in [-0.25, -0.2) is 0 Å². The van der Waals surface area contributed by atoms with Gasteiger partial charge in [0.05, 0.1) is 0 Å². The number of alkyl halides is 3. The summed E-state index contributed by atoms with van der Waals surface area (Å²) in [5.74, 6) is -0.774. The predicted octanol–water partition coefficient (Wildman–Crippen LogP) is 1.71. The Morgan fingerprint density at radius 1 is 1.50 bits per heavy atom. The van der Waals surface area contributed by atoms with E-state index in [1.165, 1.54) is 4.90 Å². The zero-order valence-corrected chi connectivity index (χ0v) is 10.3. The van der Waals surface area contributed by atoms with Crippen LogP contribution in [0, 0.1) is 5.41 Å². The Kier molecular flexibility index (Phi) is 3.40. The molecule has 0 bridgehead atoms. The van der Waals surface area contributed by atoms with Crippen molar-refractivity contribution in [3.05, 3.63) is 11.6 Å². The number of amides is 1. The summed E-state index contributed by atoms with van der Waals surface area (Å²) in [5.41, 5.74) is -1.09. The zero-order valence-electron chi connectivity index (χ0n) is 10.3. The molecule has 2 rings (SSSR count). The molecule has 1 saturated heterocycles. The predicted molar refractivity (Wildman–Crippen MR) is 60.9 cm³/mol. The molecule has 0 aromatic carbocycles. The van der Waals surface area contributed by atoms with Gasteiger partial charge in [-0.3, -0.25) is 4.79 Å². The molecule has 2 aliphatic heterocycles. The summed E-state index contributed by atoms with van der Waals surface area (Å²) < 4.78 is 39.6. The molecular formula is C12H17F3N2O. The van der Waals surface area contributed by atoms with E-state index in [2.05, 4.69) is 5.32 Å². The van der Waals surface area contributed by atoms with Crippen molar-refractivity contribution in [2.24, 2.45) is 5.41 Å². The molecule has 102 valence electrons. The van der Waals surface area contributed by atoms with E-state index in [0.717, 1.165) is 5.57 Å². The molecule has 0 aliphatic carbocycles. The normalized spacial score (nSPS) is 29.3. The van der Waals surface area contributed by atoms with Gasteiger partial charge in [-0.05, 0) is 26.3 Å². The molecule has 2 aliphatic rings. The van der Waals surface area contributed by atoms with Crippen LogP contribution in [-0.2, 0) is 4.79 Å². The van der Waals surface area contributed by atoms with E-state index >= 15 is 0 Å². The van der Waals surface area contributed by atoms with E-state index in [1.54, 1.807) is 0 Å². The number of hydrogen-bond donors (Lipinski definition) is 1. The molecule has 0 spiro atoms. The quantitative estimate of drug-likeness (QED) is 0.730. The van der Waals surface area contributed by atoms with E-state index in [-0.39, 0.29) is 19.5 Å². The first kappa shape index (κ1) is 13.4. The summed E-state index contributed by atoms with van der Waals surface area (Å²) in [5, 5.41) is 2.67. The number of rotatable bonds is 1. The van der Waals surface area contributed by atoms with Crippen LogP contribution in [0.4, 0.5) is 13.2 Å². The summed E-state index contributed by atoms with van der Waals surface area (Å²) in [6.07, 6.45) is -2.15. The SMILES string of the molecule is CC1=CCN(C(=O)C2(C(F)(F)F)CCNC2)CC1. The molecule has 1 N–H and O–H groups in total. The van der Waals surface area contributed by atoms with Crippen LogP contribution < -0.4 is 5.32 Å². The lowest BCUT2D eigenvalue weighted by Crippen LogP contribution is -2.54. The molecule has 1 unspecified atom stereocenters. The summed E-state index contributed by atoms with van der Waals surface area (Å²) >= 11 is 0. The molecule has 0 aromatic rings. The Hall–Kier alpha value is -1.04. The van der Waals surface area contributed by atoms with Crippen LogP contribution in [0.5, 0.6) is 0 Å². The number of nitrogens with zero attached hydrogens (tertiary/aromatic N) is 1. The summed E-state index contributed by atoms with van der Waals surface area (Å²) in [6, 6.07) is 0. The van der Waals surface area contributed by atoms with Crippen LogP contribution in [0.1, 0.15) is 19.8 Å². The van der Waals surface area contributed by atoms with Gasteiger partial charge in [-0.2, -0.15) is 13.2 Å². The van der Waals surface area contributed by atoms with Gasteiger partial charge in [0.25, 0.3) is 0 Å². The minimum atomic E-state index is -4.48. The fourth-order valence-corrected chi connectivity index (χ4v) is 2.50. The Balaban J connectivity index is 2.20. The first-order chi connectivity index (χ1) is 8.37. The fourth-order valence-electron chi connectivity index (χ4n) is 2.50. The lowest BCUT2D eigenvalue weighted by atomic mass is 9.84. The average Bonchev–Trinajstić information content (AvgIpc) is 2.78. The maximum Gasteiger partial charge on any atom is 0.404 e. The van der Waals surface area contributed by atoms with E-state index in [9.17, 15) is 18.0 Å². The Labute approximate surface area is 104 Å².